The molecule has 186 valence electrons. The fourth-order valence-electron chi connectivity index (χ4n) is 5.27. The second-order valence-electron chi connectivity index (χ2n) is 10.9. The number of methoxy groups -OCH3 is 1. The first-order valence-electron chi connectivity index (χ1n) is 12.3. The molecular weight excluding hydrogens is 424 g/mol. The maximum absolute atomic E-state index is 13.5. The van der Waals surface area contributed by atoms with Gasteiger partial charge in [-0.3, -0.25) is 9.59 Å². The number of hydrogen-bond acceptors (Lipinski definition) is 5. The van der Waals surface area contributed by atoms with Gasteiger partial charge in [0.05, 0.1) is 13.2 Å². The molecule has 4 amide bonds. The summed E-state index contributed by atoms with van der Waals surface area (Å²) in [6.45, 7) is 6.72. The molecule has 3 aliphatic rings. The van der Waals surface area contributed by atoms with Crippen LogP contribution >= 0.6 is 0 Å². The van der Waals surface area contributed by atoms with Gasteiger partial charge in [0.25, 0.3) is 0 Å². The molecule has 1 saturated carbocycles. The number of amides is 4. The summed E-state index contributed by atoms with van der Waals surface area (Å²) >= 11 is 0. The molecule has 3 rings (SSSR count). The van der Waals surface area contributed by atoms with Gasteiger partial charge in [-0.1, -0.05) is 40.0 Å². The van der Waals surface area contributed by atoms with E-state index in [1.54, 1.807) is 9.80 Å². The molecule has 2 saturated heterocycles. The minimum absolute atomic E-state index is 0.105. The number of urea groups is 1. The minimum Gasteiger partial charge on any atom is -0.467 e. The molecule has 0 spiro atoms. The first-order valence-corrected chi connectivity index (χ1v) is 12.3. The number of nitrogens with one attached hydrogen (secondary N) is 2. The predicted octanol–water partition coefficient (Wildman–Crippen LogP) is 2.19. The molecule has 33 heavy (non-hydrogen) atoms. The van der Waals surface area contributed by atoms with E-state index in [9.17, 15) is 19.2 Å². The standard InChI is InChI=1S/C24H40N4O5/c1-24(2,3)14-20(29)28-15-17(26-23(32)25-16-9-6-5-7-10-16)13-19(28)21(30)27-12-8-11-18(27)22(31)33-4/h16-19H,5-15H2,1-4H3,(H2,25,26,32). The quantitative estimate of drug-likeness (QED) is 0.607. The second-order valence-corrected chi connectivity index (χ2v) is 10.9. The van der Waals surface area contributed by atoms with Gasteiger partial charge < -0.3 is 25.2 Å². The van der Waals surface area contributed by atoms with Crippen molar-refractivity contribution in [2.45, 2.75) is 103 Å². The van der Waals surface area contributed by atoms with Crippen LogP contribution in [0, 0.1) is 5.41 Å². The Morgan fingerprint density at radius 1 is 0.879 bits per heavy atom. The van der Waals surface area contributed by atoms with Crippen LogP contribution in [-0.4, -0.2) is 78.0 Å². The van der Waals surface area contributed by atoms with Gasteiger partial charge in [0.15, 0.2) is 0 Å². The predicted molar refractivity (Wildman–Crippen MR) is 123 cm³/mol. The van der Waals surface area contributed by atoms with Crippen molar-refractivity contribution >= 4 is 23.8 Å². The molecular formula is C24H40N4O5. The lowest BCUT2D eigenvalue weighted by Crippen LogP contribution is -2.51. The highest BCUT2D eigenvalue weighted by Gasteiger charge is 2.46. The number of carbonyl (C=O) groups excluding carboxylic acids is 4. The Kier molecular flexibility index (Phi) is 8.23. The Labute approximate surface area is 196 Å². The lowest BCUT2D eigenvalue weighted by Gasteiger charge is -2.31. The molecule has 0 aromatic heterocycles. The number of hydrogen-bond donors (Lipinski definition) is 2. The van der Waals surface area contributed by atoms with Gasteiger partial charge in [-0.05, 0) is 37.5 Å². The Bertz CT molecular complexity index is 744. The van der Waals surface area contributed by atoms with Gasteiger partial charge >= 0.3 is 12.0 Å². The van der Waals surface area contributed by atoms with Crippen molar-refractivity contribution in [3.63, 3.8) is 0 Å². The highest BCUT2D eigenvalue weighted by Crippen LogP contribution is 2.29. The summed E-state index contributed by atoms with van der Waals surface area (Å²) in [5.74, 6) is -0.762. The number of esters is 1. The Morgan fingerprint density at radius 3 is 2.18 bits per heavy atom. The molecule has 1 aliphatic carbocycles. The average molecular weight is 465 g/mol. The summed E-state index contributed by atoms with van der Waals surface area (Å²) in [6, 6.07) is -1.67. The van der Waals surface area contributed by atoms with Crippen molar-refractivity contribution in [2.75, 3.05) is 20.2 Å². The lowest BCUT2D eigenvalue weighted by atomic mass is 9.91. The van der Waals surface area contributed by atoms with E-state index in [2.05, 4.69) is 10.6 Å². The molecule has 0 bridgehead atoms. The molecule has 9 heteroatoms. The molecule has 0 aromatic rings. The van der Waals surface area contributed by atoms with Gasteiger partial charge in [-0.15, -0.1) is 0 Å². The van der Waals surface area contributed by atoms with Gasteiger partial charge in [0, 0.05) is 25.6 Å². The molecule has 0 aromatic carbocycles. The van der Waals surface area contributed by atoms with Crippen LogP contribution in [0.4, 0.5) is 4.79 Å². The smallest absolute Gasteiger partial charge is 0.328 e. The number of nitrogens with zero attached hydrogens (tertiary/aromatic N) is 2. The third kappa shape index (κ3) is 6.60. The van der Waals surface area contributed by atoms with Crippen LogP contribution in [0.3, 0.4) is 0 Å². The van der Waals surface area contributed by atoms with E-state index in [0.29, 0.717) is 32.4 Å². The van der Waals surface area contributed by atoms with E-state index in [0.717, 1.165) is 32.1 Å². The van der Waals surface area contributed by atoms with E-state index in [1.807, 2.05) is 20.8 Å². The monoisotopic (exact) mass is 464 g/mol. The van der Waals surface area contributed by atoms with Crippen molar-refractivity contribution in [3.05, 3.63) is 0 Å². The van der Waals surface area contributed by atoms with Crippen LogP contribution in [-0.2, 0) is 19.1 Å². The molecule has 2 heterocycles. The van der Waals surface area contributed by atoms with Crippen molar-refractivity contribution in [2.24, 2.45) is 5.41 Å². The summed E-state index contributed by atoms with van der Waals surface area (Å²) in [5.41, 5.74) is -0.225. The van der Waals surface area contributed by atoms with Gasteiger partial charge in [-0.25, -0.2) is 9.59 Å². The first kappa shape index (κ1) is 25.3. The third-order valence-corrected chi connectivity index (χ3v) is 6.87. The summed E-state index contributed by atoms with van der Waals surface area (Å²) in [7, 11) is 1.32. The fraction of sp³-hybridized carbons (Fsp3) is 0.833. The average Bonchev–Trinajstić information content (AvgIpc) is 3.39. The zero-order chi connectivity index (χ0) is 24.2. The summed E-state index contributed by atoms with van der Waals surface area (Å²) in [4.78, 5) is 54.6. The highest BCUT2D eigenvalue weighted by molar-refractivity contribution is 5.92. The second kappa shape index (κ2) is 10.7. The van der Waals surface area contributed by atoms with E-state index in [-0.39, 0.29) is 35.3 Å². The normalized spacial score (nSPS) is 26.2. The van der Waals surface area contributed by atoms with Crippen LogP contribution < -0.4 is 10.6 Å². The Morgan fingerprint density at radius 2 is 1.55 bits per heavy atom. The van der Waals surface area contributed by atoms with Crippen molar-refractivity contribution < 1.29 is 23.9 Å². The Balaban J connectivity index is 1.70. The summed E-state index contributed by atoms with van der Waals surface area (Å²) in [5, 5.41) is 6.03. The molecule has 0 radical (unpaired) electrons. The highest BCUT2D eigenvalue weighted by atomic mass is 16.5. The zero-order valence-electron chi connectivity index (χ0n) is 20.5. The summed E-state index contributed by atoms with van der Waals surface area (Å²) < 4.78 is 4.88. The fourth-order valence-corrected chi connectivity index (χ4v) is 5.27. The van der Waals surface area contributed by atoms with Crippen LogP contribution in [0.1, 0.15) is 78.6 Å². The first-order chi connectivity index (χ1) is 15.6. The summed E-state index contributed by atoms with van der Waals surface area (Å²) in [6.07, 6.45) is 7.36. The van der Waals surface area contributed by atoms with Gasteiger partial charge in [0.1, 0.15) is 12.1 Å². The van der Waals surface area contributed by atoms with Crippen LogP contribution in [0.15, 0.2) is 0 Å². The van der Waals surface area contributed by atoms with E-state index >= 15 is 0 Å². The molecule has 2 aliphatic heterocycles. The number of likely N-dealkylation sites (tertiary alicyclic amines) is 2. The lowest BCUT2D eigenvalue weighted by molar-refractivity contribution is -0.153. The van der Waals surface area contributed by atoms with Crippen molar-refractivity contribution in [1.82, 2.24) is 20.4 Å². The maximum Gasteiger partial charge on any atom is 0.328 e. The zero-order valence-corrected chi connectivity index (χ0v) is 20.5. The van der Waals surface area contributed by atoms with Crippen molar-refractivity contribution in [3.8, 4) is 0 Å². The molecule has 3 atom stereocenters. The van der Waals surface area contributed by atoms with Crippen LogP contribution in [0.25, 0.3) is 0 Å². The van der Waals surface area contributed by atoms with Crippen LogP contribution in [0.2, 0.25) is 0 Å². The number of ether oxygens (including phenoxy) is 1. The van der Waals surface area contributed by atoms with Crippen LogP contribution in [0.5, 0.6) is 0 Å². The van der Waals surface area contributed by atoms with Crippen molar-refractivity contribution in [1.29, 1.82) is 0 Å². The molecule has 2 N–H and O–H groups in total. The minimum atomic E-state index is -0.690. The topological polar surface area (TPSA) is 108 Å². The van der Waals surface area contributed by atoms with Gasteiger partial charge in [-0.2, -0.15) is 0 Å². The van der Waals surface area contributed by atoms with E-state index in [1.165, 1.54) is 13.5 Å². The SMILES string of the molecule is COC(=O)C1CCCN1C(=O)C1CC(NC(=O)NC2CCCCC2)CN1C(=O)CC(C)(C)C. The number of carbonyl (C=O) groups is 4. The molecule has 3 fully saturated rings. The maximum atomic E-state index is 13.5. The van der Waals surface area contributed by atoms with E-state index in [4.69, 9.17) is 4.74 Å². The van der Waals surface area contributed by atoms with Gasteiger partial charge in [0.2, 0.25) is 11.8 Å². The Hall–Kier alpha value is -2.32. The molecule has 9 nitrogen and oxygen atoms in total. The molecule has 3 unspecified atom stereocenters. The largest absolute Gasteiger partial charge is 0.467 e. The number of rotatable bonds is 5. The third-order valence-electron chi connectivity index (χ3n) is 6.87. The van der Waals surface area contributed by atoms with E-state index < -0.39 is 18.1 Å².